The Balaban J connectivity index is 1.57. The van der Waals surface area contributed by atoms with Gasteiger partial charge < -0.3 is 8.98 Å². The molecule has 3 aromatic rings. The largest absolute Gasteiger partial charge is 0.417 e. The summed E-state index contributed by atoms with van der Waals surface area (Å²) in [6.07, 6.45) is 3.16. The van der Waals surface area contributed by atoms with Crippen LogP contribution in [0, 0.1) is 0 Å². The molecule has 2 aromatic heterocycles. The molecule has 0 spiro atoms. The van der Waals surface area contributed by atoms with E-state index in [0.717, 1.165) is 0 Å². The normalized spacial score (nSPS) is 17.6. The smallest absolute Gasteiger partial charge is 0.408 e. The Kier molecular flexibility index (Phi) is 4.85. The molecule has 0 unspecified atom stereocenters. The lowest BCUT2D eigenvalue weighted by molar-refractivity contribution is 0.403. The van der Waals surface area contributed by atoms with Crippen molar-refractivity contribution in [1.82, 2.24) is 23.1 Å². The van der Waals surface area contributed by atoms with E-state index in [0.29, 0.717) is 6.42 Å². The molecule has 0 amide bonds. The molecular weight excluding hydrogens is 422 g/mol. The number of fused-ring (bicyclic) bond motifs is 1. The minimum atomic E-state index is -3.87. The second-order valence-electron chi connectivity index (χ2n) is 6.71. The van der Waals surface area contributed by atoms with Crippen LogP contribution < -0.4 is 5.76 Å². The highest BCUT2D eigenvalue weighted by Crippen LogP contribution is 2.23. The van der Waals surface area contributed by atoms with Gasteiger partial charge in [-0.25, -0.2) is 26.6 Å². The van der Waals surface area contributed by atoms with Crippen LogP contribution >= 0.6 is 0 Å². The van der Waals surface area contributed by atoms with Crippen LogP contribution in [0.15, 0.2) is 49.9 Å². The number of sulfonamides is 2. The van der Waals surface area contributed by atoms with E-state index in [1.807, 2.05) is 0 Å². The Labute approximate surface area is 166 Å². The Morgan fingerprint density at radius 3 is 2.38 bits per heavy atom. The lowest BCUT2D eigenvalue weighted by Gasteiger charge is -2.21. The van der Waals surface area contributed by atoms with E-state index in [4.69, 9.17) is 4.42 Å². The van der Waals surface area contributed by atoms with E-state index in [1.54, 1.807) is 7.05 Å². The summed E-state index contributed by atoms with van der Waals surface area (Å²) in [4.78, 5) is 17.6. The molecule has 11 nitrogen and oxygen atoms in total. The Morgan fingerprint density at radius 1 is 1.03 bits per heavy atom. The zero-order valence-corrected chi connectivity index (χ0v) is 17.1. The molecular formula is C16H19N5O6S2. The average molecular weight is 441 g/mol. The van der Waals surface area contributed by atoms with Gasteiger partial charge in [-0.1, -0.05) is 0 Å². The summed E-state index contributed by atoms with van der Waals surface area (Å²) in [6, 6.07) is 4.11. The zero-order valence-electron chi connectivity index (χ0n) is 15.5. The summed E-state index contributed by atoms with van der Waals surface area (Å²) < 4.78 is 60.5. The van der Waals surface area contributed by atoms with Gasteiger partial charge in [-0.15, -0.1) is 0 Å². The van der Waals surface area contributed by atoms with Gasteiger partial charge in [-0.3, -0.25) is 4.98 Å². The van der Waals surface area contributed by atoms with E-state index in [9.17, 15) is 21.6 Å². The molecule has 0 atom stereocenters. The SMILES string of the molecule is Cn1cnc(S(=O)(=O)N2CCCN(S(=O)(=O)c3ccc4oc(=O)[nH]c4c3)CC2)c1. The number of nitrogens with zero attached hydrogens (tertiary/aromatic N) is 4. The fourth-order valence-corrected chi connectivity index (χ4v) is 6.18. The van der Waals surface area contributed by atoms with Crippen molar-refractivity contribution in [2.45, 2.75) is 16.3 Å². The molecule has 1 aromatic carbocycles. The molecule has 0 saturated carbocycles. The molecule has 156 valence electrons. The van der Waals surface area contributed by atoms with Crippen LogP contribution in [-0.2, 0) is 27.1 Å². The number of aromatic amines is 1. The quantitative estimate of drug-likeness (QED) is 0.598. The molecule has 13 heteroatoms. The standard InChI is InChI=1S/C16H19N5O6S2/c1-19-10-15(17-11-19)29(25,26)21-6-2-5-20(7-8-21)28(23,24)12-3-4-14-13(9-12)18-16(22)27-14/h3-4,9-11H,2,5-8H2,1H3,(H,18,22). The van der Waals surface area contributed by atoms with Crippen molar-refractivity contribution in [3.63, 3.8) is 0 Å². The zero-order chi connectivity index (χ0) is 20.8. The minimum Gasteiger partial charge on any atom is -0.408 e. The molecule has 0 aliphatic carbocycles. The molecule has 3 heterocycles. The third kappa shape index (κ3) is 3.61. The van der Waals surface area contributed by atoms with Crippen molar-refractivity contribution in [2.75, 3.05) is 26.2 Å². The first-order valence-electron chi connectivity index (χ1n) is 8.79. The van der Waals surface area contributed by atoms with Gasteiger partial charge in [-0.2, -0.15) is 8.61 Å². The number of hydrogen-bond donors (Lipinski definition) is 1. The molecule has 0 radical (unpaired) electrons. The predicted molar refractivity (Wildman–Crippen MR) is 102 cm³/mol. The third-order valence-electron chi connectivity index (χ3n) is 4.73. The van der Waals surface area contributed by atoms with Gasteiger partial charge in [-0.05, 0) is 24.6 Å². The number of H-pyrrole nitrogens is 1. The van der Waals surface area contributed by atoms with Crippen molar-refractivity contribution < 1.29 is 21.3 Å². The maximum Gasteiger partial charge on any atom is 0.417 e. The maximum atomic E-state index is 13.0. The van der Waals surface area contributed by atoms with Crippen LogP contribution in [0.25, 0.3) is 11.1 Å². The van der Waals surface area contributed by atoms with Crippen molar-refractivity contribution in [3.8, 4) is 0 Å². The highest BCUT2D eigenvalue weighted by molar-refractivity contribution is 7.89. The maximum absolute atomic E-state index is 13.0. The van der Waals surface area contributed by atoms with Crippen molar-refractivity contribution in [2.24, 2.45) is 7.05 Å². The van der Waals surface area contributed by atoms with Gasteiger partial charge >= 0.3 is 5.76 Å². The number of benzene rings is 1. The van der Waals surface area contributed by atoms with Crippen LogP contribution in [-0.4, -0.2) is 66.2 Å². The number of oxazole rings is 1. The minimum absolute atomic E-state index is 0.00285. The number of nitrogens with one attached hydrogen (secondary N) is 1. The van der Waals surface area contributed by atoms with Crippen LogP contribution in [0.4, 0.5) is 0 Å². The van der Waals surface area contributed by atoms with E-state index in [2.05, 4.69) is 9.97 Å². The molecule has 0 bridgehead atoms. The number of aromatic nitrogens is 3. The molecule has 1 N–H and O–H groups in total. The first-order chi connectivity index (χ1) is 13.7. The fraction of sp³-hybridized carbons (Fsp3) is 0.375. The number of hydrogen-bond acceptors (Lipinski definition) is 7. The summed E-state index contributed by atoms with van der Waals surface area (Å²) in [6.45, 7) is 0.396. The fourth-order valence-electron chi connectivity index (χ4n) is 3.25. The number of aryl methyl sites for hydroxylation is 1. The summed E-state index contributed by atoms with van der Waals surface area (Å²) in [7, 11) is -5.99. The monoisotopic (exact) mass is 441 g/mol. The molecule has 29 heavy (non-hydrogen) atoms. The van der Waals surface area contributed by atoms with Gasteiger partial charge in [0.05, 0.1) is 16.7 Å². The third-order valence-corrected chi connectivity index (χ3v) is 8.41. The topological polar surface area (TPSA) is 139 Å². The Morgan fingerprint density at radius 2 is 1.72 bits per heavy atom. The van der Waals surface area contributed by atoms with Gasteiger partial charge in [0.25, 0.3) is 10.0 Å². The van der Waals surface area contributed by atoms with Crippen LogP contribution in [0.1, 0.15) is 6.42 Å². The summed E-state index contributed by atoms with van der Waals surface area (Å²) in [5, 5.41) is -0.0642. The molecule has 4 rings (SSSR count). The second-order valence-corrected chi connectivity index (χ2v) is 10.5. The predicted octanol–water partition coefficient (Wildman–Crippen LogP) is -0.0601. The van der Waals surface area contributed by atoms with Crippen molar-refractivity contribution in [1.29, 1.82) is 0 Å². The number of imidazole rings is 1. The first-order valence-corrected chi connectivity index (χ1v) is 11.7. The van der Waals surface area contributed by atoms with Gasteiger partial charge in [0.2, 0.25) is 10.0 Å². The van der Waals surface area contributed by atoms with E-state index in [1.165, 1.54) is 43.9 Å². The molecule has 1 aliphatic heterocycles. The molecule has 1 saturated heterocycles. The highest BCUT2D eigenvalue weighted by Gasteiger charge is 2.32. The Hall–Kier alpha value is -2.48. The second kappa shape index (κ2) is 7.09. The van der Waals surface area contributed by atoms with Crippen molar-refractivity contribution >= 4 is 31.1 Å². The lowest BCUT2D eigenvalue weighted by Crippen LogP contribution is -2.37. The average Bonchev–Trinajstić information content (AvgIpc) is 3.16. The van der Waals surface area contributed by atoms with Crippen LogP contribution in [0.3, 0.4) is 0 Å². The van der Waals surface area contributed by atoms with Gasteiger partial charge in [0.15, 0.2) is 10.6 Å². The lowest BCUT2D eigenvalue weighted by atomic mass is 10.3. The Bertz CT molecular complexity index is 1320. The first kappa shape index (κ1) is 19.8. The van der Waals surface area contributed by atoms with E-state index >= 15 is 0 Å². The van der Waals surface area contributed by atoms with Crippen LogP contribution in [0.5, 0.6) is 0 Å². The summed E-state index contributed by atoms with van der Waals surface area (Å²) in [5.74, 6) is -0.667. The number of rotatable bonds is 4. The van der Waals surface area contributed by atoms with Gasteiger partial charge in [0, 0.05) is 39.4 Å². The van der Waals surface area contributed by atoms with E-state index in [-0.39, 0.29) is 47.2 Å². The molecule has 1 aliphatic rings. The van der Waals surface area contributed by atoms with Crippen LogP contribution in [0.2, 0.25) is 0 Å². The summed E-state index contributed by atoms with van der Waals surface area (Å²) >= 11 is 0. The summed E-state index contributed by atoms with van der Waals surface area (Å²) in [5.41, 5.74) is 0.544. The molecule has 1 fully saturated rings. The van der Waals surface area contributed by atoms with Gasteiger partial charge in [0.1, 0.15) is 0 Å². The van der Waals surface area contributed by atoms with Crippen molar-refractivity contribution in [3.05, 3.63) is 41.3 Å². The van der Waals surface area contributed by atoms with E-state index < -0.39 is 25.8 Å². The highest BCUT2D eigenvalue weighted by atomic mass is 32.2.